The van der Waals surface area contributed by atoms with Gasteiger partial charge in [0.2, 0.25) is 0 Å². The van der Waals surface area contributed by atoms with Crippen LogP contribution in [0.15, 0.2) is 82.8 Å². The molecule has 4 rings (SSSR count). The van der Waals surface area contributed by atoms with E-state index in [1.54, 1.807) is 19.2 Å². The van der Waals surface area contributed by atoms with E-state index >= 15 is 0 Å². The van der Waals surface area contributed by atoms with Crippen LogP contribution in [0.4, 0.5) is 0 Å². The monoisotopic (exact) mass is 549 g/mol. The zero-order valence-corrected chi connectivity index (χ0v) is 21.8. The van der Waals surface area contributed by atoms with Gasteiger partial charge >= 0.3 is 0 Å². The number of amides is 1. The fourth-order valence-corrected chi connectivity index (χ4v) is 4.62. The Labute approximate surface area is 219 Å². The van der Waals surface area contributed by atoms with Crippen molar-refractivity contribution in [2.75, 3.05) is 20.3 Å². The van der Waals surface area contributed by atoms with Crippen molar-refractivity contribution in [1.82, 2.24) is 4.90 Å². The van der Waals surface area contributed by atoms with Crippen molar-refractivity contribution in [3.05, 3.63) is 105 Å². The molecular formula is C29H28BrNO5. The smallest absolute Gasteiger partial charge is 0.295 e. The summed E-state index contributed by atoms with van der Waals surface area (Å²) < 4.78 is 11.9. The quantitative estimate of drug-likeness (QED) is 0.158. The summed E-state index contributed by atoms with van der Waals surface area (Å²) in [6.07, 6.45) is 0.572. The fraction of sp³-hybridized carbons (Fsp3) is 0.241. The van der Waals surface area contributed by atoms with Gasteiger partial charge in [0.25, 0.3) is 11.7 Å². The van der Waals surface area contributed by atoms with Crippen molar-refractivity contribution < 1.29 is 24.2 Å². The maximum atomic E-state index is 13.2. The second kappa shape index (κ2) is 11.5. The molecule has 1 fully saturated rings. The maximum Gasteiger partial charge on any atom is 0.295 e. The molecule has 1 heterocycles. The standard InChI is InChI=1S/C29H28BrNO5/c1-19-17-23(36-18-20-7-4-3-5-8-20)13-14-24(19)27(32)25-26(21-9-11-22(30)12-10-21)31(15-6-16-35-2)29(34)28(25)33/h3-5,7-14,17,26,32H,6,15-16,18H2,1-2H3. The molecule has 3 aromatic rings. The first-order valence-electron chi connectivity index (χ1n) is 11.7. The molecule has 1 aliphatic heterocycles. The lowest BCUT2D eigenvalue weighted by Gasteiger charge is -2.25. The largest absolute Gasteiger partial charge is 0.507 e. The van der Waals surface area contributed by atoms with Crippen LogP contribution in [0.2, 0.25) is 0 Å². The van der Waals surface area contributed by atoms with E-state index in [1.165, 1.54) is 4.90 Å². The van der Waals surface area contributed by atoms with Gasteiger partial charge in [0.1, 0.15) is 18.1 Å². The molecule has 1 atom stereocenters. The van der Waals surface area contributed by atoms with Gasteiger partial charge in [0.15, 0.2) is 0 Å². The normalized spacial score (nSPS) is 17.0. The highest BCUT2D eigenvalue weighted by molar-refractivity contribution is 9.10. The van der Waals surface area contributed by atoms with Gasteiger partial charge < -0.3 is 19.5 Å². The first-order valence-corrected chi connectivity index (χ1v) is 12.5. The van der Waals surface area contributed by atoms with Crippen LogP contribution in [0.25, 0.3) is 5.76 Å². The van der Waals surface area contributed by atoms with Crippen LogP contribution in [0.3, 0.4) is 0 Å². The Hall–Kier alpha value is -3.42. The van der Waals surface area contributed by atoms with Crippen LogP contribution >= 0.6 is 15.9 Å². The van der Waals surface area contributed by atoms with Gasteiger partial charge in [-0.05, 0) is 60.4 Å². The molecule has 6 nitrogen and oxygen atoms in total. The van der Waals surface area contributed by atoms with Gasteiger partial charge in [-0.3, -0.25) is 9.59 Å². The number of carbonyl (C=O) groups is 2. The van der Waals surface area contributed by atoms with Crippen LogP contribution < -0.4 is 4.74 Å². The van der Waals surface area contributed by atoms with E-state index in [-0.39, 0.29) is 11.3 Å². The van der Waals surface area contributed by atoms with E-state index in [0.717, 1.165) is 21.2 Å². The number of hydrogen-bond donors (Lipinski definition) is 1. The van der Waals surface area contributed by atoms with Gasteiger partial charge in [0.05, 0.1) is 11.6 Å². The minimum Gasteiger partial charge on any atom is -0.507 e. The second-order valence-electron chi connectivity index (χ2n) is 8.64. The lowest BCUT2D eigenvalue weighted by molar-refractivity contribution is -0.140. The molecule has 0 aromatic heterocycles. The number of hydrogen-bond acceptors (Lipinski definition) is 5. The minimum absolute atomic E-state index is 0.0841. The number of aliphatic hydroxyl groups excluding tert-OH is 1. The number of Topliss-reactive ketones (excluding diaryl/α,β-unsaturated/α-hetero) is 1. The number of methoxy groups -OCH3 is 1. The summed E-state index contributed by atoms with van der Waals surface area (Å²) in [5.74, 6) is -0.859. The van der Waals surface area contributed by atoms with E-state index < -0.39 is 17.7 Å². The number of ketones is 1. The molecule has 7 heteroatoms. The van der Waals surface area contributed by atoms with Crippen LogP contribution in [0.5, 0.6) is 5.75 Å². The van der Waals surface area contributed by atoms with Gasteiger partial charge in [-0.15, -0.1) is 0 Å². The third kappa shape index (κ3) is 5.53. The van der Waals surface area contributed by atoms with Gasteiger partial charge in [-0.1, -0.05) is 58.4 Å². The SMILES string of the molecule is COCCCN1C(=O)C(=O)C(=C(O)c2ccc(OCc3ccccc3)cc2C)C1c1ccc(Br)cc1. The van der Waals surface area contributed by atoms with Crippen molar-refractivity contribution in [2.45, 2.75) is 26.0 Å². The molecule has 186 valence electrons. The Kier molecular flexibility index (Phi) is 8.23. The average molecular weight is 550 g/mol. The molecule has 1 aliphatic rings. The lowest BCUT2D eigenvalue weighted by Crippen LogP contribution is -2.31. The second-order valence-corrected chi connectivity index (χ2v) is 9.56. The van der Waals surface area contributed by atoms with Crippen LogP contribution in [0, 0.1) is 6.92 Å². The molecule has 0 bridgehead atoms. The summed E-state index contributed by atoms with van der Waals surface area (Å²) in [5, 5.41) is 11.4. The summed E-state index contributed by atoms with van der Waals surface area (Å²) >= 11 is 3.43. The van der Waals surface area contributed by atoms with E-state index in [1.807, 2.05) is 67.6 Å². The number of ether oxygens (including phenoxy) is 2. The van der Waals surface area contributed by atoms with Gasteiger partial charge in [-0.25, -0.2) is 0 Å². The Morgan fingerprint density at radius 3 is 2.42 bits per heavy atom. The molecule has 1 saturated heterocycles. The number of benzene rings is 3. The van der Waals surface area contributed by atoms with Crippen molar-refractivity contribution in [3.63, 3.8) is 0 Å². The number of nitrogens with zero attached hydrogens (tertiary/aromatic N) is 1. The molecule has 1 unspecified atom stereocenters. The van der Waals surface area contributed by atoms with E-state index in [2.05, 4.69) is 15.9 Å². The first kappa shape index (κ1) is 25.7. The molecule has 0 radical (unpaired) electrons. The topological polar surface area (TPSA) is 76.1 Å². The lowest BCUT2D eigenvalue weighted by atomic mass is 9.94. The summed E-state index contributed by atoms with van der Waals surface area (Å²) in [7, 11) is 1.59. The third-order valence-corrected chi connectivity index (χ3v) is 6.70. The number of aryl methyl sites for hydroxylation is 1. The van der Waals surface area contributed by atoms with Crippen LogP contribution in [-0.2, 0) is 20.9 Å². The summed E-state index contributed by atoms with van der Waals surface area (Å²) in [5.41, 5.74) is 3.10. The Morgan fingerprint density at radius 2 is 1.75 bits per heavy atom. The van der Waals surface area contributed by atoms with Gasteiger partial charge in [-0.2, -0.15) is 0 Å². The minimum atomic E-state index is -0.693. The van der Waals surface area contributed by atoms with E-state index in [4.69, 9.17) is 9.47 Å². The van der Waals surface area contributed by atoms with Crippen LogP contribution in [-0.4, -0.2) is 42.0 Å². The highest BCUT2D eigenvalue weighted by Gasteiger charge is 2.45. The molecule has 0 spiro atoms. The number of rotatable bonds is 9. The van der Waals surface area contributed by atoms with Crippen molar-refractivity contribution in [2.24, 2.45) is 0 Å². The highest BCUT2D eigenvalue weighted by Crippen LogP contribution is 2.40. The van der Waals surface area contributed by atoms with Crippen molar-refractivity contribution >= 4 is 33.4 Å². The third-order valence-electron chi connectivity index (χ3n) is 6.17. The zero-order valence-electron chi connectivity index (χ0n) is 20.2. The number of aliphatic hydroxyl groups is 1. The number of halogens is 1. The molecule has 0 saturated carbocycles. The van der Waals surface area contributed by atoms with Crippen LogP contribution in [0.1, 0.15) is 34.7 Å². The molecule has 1 N–H and O–H groups in total. The fourth-order valence-electron chi connectivity index (χ4n) is 4.36. The number of carbonyl (C=O) groups excluding carboxylic acids is 2. The Balaban J connectivity index is 1.68. The first-order chi connectivity index (χ1) is 17.4. The summed E-state index contributed by atoms with van der Waals surface area (Å²) in [6.45, 7) is 3.05. The maximum absolute atomic E-state index is 13.2. The summed E-state index contributed by atoms with van der Waals surface area (Å²) in [4.78, 5) is 27.7. The van der Waals surface area contributed by atoms with E-state index in [0.29, 0.717) is 37.5 Å². The van der Waals surface area contributed by atoms with E-state index in [9.17, 15) is 14.7 Å². The van der Waals surface area contributed by atoms with Crippen molar-refractivity contribution in [1.29, 1.82) is 0 Å². The zero-order chi connectivity index (χ0) is 25.7. The van der Waals surface area contributed by atoms with Crippen molar-refractivity contribution in [3.8, 4) is 5.75 Å². The Morgan fingerprint density at radius 1 is 1.03 bits per heavy atom. The molecule has 1 amide bonds. The Bertz CT molecular complexity index is 1270. The van der Waals surface area contributed by atoms with Gasteiger partial charge in [0, 0.05) is 30.3 Å². The number of likely N-dealkylation sites (tertiary alicyclic amines) is 1. The highest BCUT2D eigenvalue weighted by atomic mass is 79.9. The molecule has 0 aliphatic carbocycles. The molecule has 3 aromatic carbocycles. The summed E-state index contributed by atoms with van der Waals surface area (Å²) in [6, 6.07) is 21.9. The predicted octanol–water partition coefficient (Wildman–Crippen LogP) is 5.79. The predicted molar refractivity (Wildman–Crippen MR) is 142 cm³/mol. The molecular weight excluding hydrogens is 522 g/mol. The average Bonchev–Trinajstić information content (AvgIpc) is 3.13. The molecule has 36 heavy (non-hydrogen) atoms.